The Morgan fingerprint density at radius 1 is 1.16 bits per heavy atom. The van der Waals surface area contributed by atoms with Crippen LogP contribution in [0.4, 0.5) is 5.95 Å². The molecule has 1 aromatic rings. The second-order valence-corrected chi connectivity index (χ2v) is 6.90. The number of nitrogens with zero attached hydrogens (tertiary/aromatic N) is 2. The highest BCUT2D eigenvalue weighted by molar-refractivity contribution is 6.61. The van der Waals surface area contributed by atoms with E-state index in [2.05, 4.69) is 15.3 Å². The van der Waals surface area contributed by atoms with Crippen molar-refractivity contribution >= 4 is 30.5 Å². The Balaban J connectivity index is 2.04. The van der Waals surface area contributed by atoms with Gasteiger partial charge in [-0.25, -0.2) is 14.8 Å². The number of aliphatic carboxylic acids is 2. The average molecular weight is 351 g/mol. The van der Waals surface area contributed by atoms with Gasteiger partial charge in [0.1, 0.15) is 6.04 Å². The number of nitrogens with one attached hydrogen (secondary N) is 1. The van der Waals surface area contributed by atoms with Crippen molar-refractivity contribution in [3.05, 3.63) is 12.4 Å². The Hall–Kier alpha value is -2.20. The molecule has 1 saturated heterocycles. The molecule has 9 nitrogen and oxygen atoms in total. The van der Waals surface area contributed by atoms with E-state index in [9.17, 15) is 9.59 Å². The molecule has 0 aliphatic carbocycles. The molecule has 0 amide bonds. The van der Waals surface area contributed by atoms with E-state index in [1.54, 1.807) is 0 Å². The number of hydrogen-bond donors (Lipinski definition) is 3. The summed E-state index contributed by atoms with van der Waals surface area (Å²) >= 11 is 0. The van der Waals surface area contributed by atoms with Crippen LogP contribution in [0.1, 0.15) is 40.5 Å². The maximum absolute atomic E-state index is 11.2. The van der Waals surface area contributed by atoms with Gasteiger partial charge >= 0.3 is 19.1 Å². The minimum absolute atomic E-state index is 0.0764. The SMILES string of the molecule is CC1(C)OB(c2cnc(N[C@H](CCC(=O)O)C(=O)O)nc2)OC1(C)C. The Bertz CT molecular complexity index is 633. The molecule has 0 radical (unpaired) electrons. The number of rotatable bonds is 7. The molecule has 25 heavy (non-hydrogen) atoms. The van der Waals surface area contributed by atoms with Crippen LogP contribution in [0.2, 0.25) is 0 Å². The lowest BCUT2D eigenvalue weighted by molar-refractivity contribution is -0.139. The lowest BCUT2D eigenvalue weighted by Crippen LogP contribution is -2.41. The topological polar surface area (TPSA) is 131 Å². The average Bonchev–Trinajstić information content (AvgIpc) is 2.72. The number of carboxylic acids is 2. The van der Waals surface area contributed by atoms with Gasteiger partial charge in [-0.1, -0.05) is 0 Å². The maximum Gasteiger partial charge on any atom is 0.498 e. The normalized spacial score (nSPS) is 19.4. The number of carbonyl (C=O) groups is 2. The van der Waals surface area contributed by atoms with E-state index in [-0.39, 0.29) is 18.8 Å². The smallest absolute Gasteiger partial charge is 0.481 e. The Kier molecular flexibility index (Phi) is 5.33. The second-order valence-electron chi connectivity index (χ2n) is 6.90. The van der Waals surface area contributed by atoms with E-state index in [0.29, 0.717) is 5.46 Å². The van der Waals surface area contributed by atoms with Gasteiger partial charge in [0.15, 0.2) is 0 Å². The Morgan fingerprint density at radius 3 is 2.12 bits per heavy atom. The minimum atomic E-state index is -1.17. The predicted molar refractivity (Wildman–Crippen MR) is 89.7 cm³/mol. The molecule has 2 rings (SSSR count). The second kappa shape index (κ2) is 6.97. The molecule has 10 heteroatoms. The van der Waals surface area contributed by atoms with Crippen LogP contribution in [0.15, 0.2) is 12.4 Å². The van der Waals surface area contributed by atoms with Crippen LogP contribution < -0.4 is 10.8 Å². The first-order valence-corrected chi connectivity index (χ1v) is 7.90. The lowest BCUT2D eigenvalue weighted by Gasteiger charge is -2.32. The van der Waals surface area contributed by atoms with E-state index in [0.717, 1.165) is 0 Å². The van der Waals surface area contributed by atoms with Gasteiger partial charge in [0.05, 0.1) is 11.2 Å². The zero-order valence-electron chi connectivity index (χ0n) is 14.6. The fourth-order valence-electron chi connectivity index (χ4n) is 2.19. The molecule has 0 unspecified atom stereocenters. The van der Waals surface area contributed by atoms with Gasteiger partial charge in [-0.2, -0.15) is 0 Å². The summed E-state index contributed by atoms with van der Waals surface area (Å²) in [6.07, 6.45) is 2.64. The first kappa shape index (κ1) is 19.1. The number of aromatic nitrogens is 2. The Labute approximate surface area is 145 Å². The molecule has 0 saturated carbocycles. The minimum Gasteiger partial charge on any atom is -0.481 e. The fraction of sp³-hybridized carbons (Fsp3) is 0.600. The third-order valence-electron chi connectivity index (χ3n) is 4.45. The maximum atomic E-state index is 11.2. The summed E-state index contributed by atoms with van der Waals surface area (Å²) in [6.45, 7) is 7.74. The number of hydrogen-bond acceptors (Lipinski definition) is 7. The van der Waals surface area contributed by atoms with Gasteiger partial charge in [0.2, 0.25) is 5.95 Å². The molecule has 1 aliphatic rings. The van der Waals surface area contributed by atoms with Gasteiger partial charge in [-0.05, 0) is 34.1 Å². The molecule has 3 N–H and O–H groups in total. The van der Waals surface area contributed by atoms with Crippen molar-refractivity contribution in [2.45, 2.75) is 57.8 Å². The van der Waals surface area contributed by atoms with Crippen LogP contribution in [0.5, 0.6) is 0 Å². The highest BCUT2D eigenvalue weighted by Gasteiger charge is 2.51. The summed E-state index contributed by atoms with van der Waals surface area (Å²) in [6, 6.07) is -1.08. The third kappa shape index (κ3) is 4.46. The zero-order chi connectivity index (χ0) is 18.8. The van der Waals surface area contributed by atoms with Crippen LogP contribution >= 0.6 is 0 Å². The Morgan fingerprint density at radius 2 is 1.68 bits per heavy atom. The number of anilines is 1. The molecule has 0 spiro atoms. The van der Waals surface area contributed by atoms with Crippen molar-refractivity contribution in [2.75, 3.05) is 5.32 Å². The van der Waals surface area contributed by atoms with Gasteiger partial charge in [-0.3, -0.25) is 4.79 Å². The molecule has 1 atom stereocenters. The van der Waals surface area contributed by atoms with Crippen molar-refractivity contribution in [3.8, 4) is 0 Å². The van der Waals surface area contributed by atoms with Crippen LogP contribution in [-0.2, 0) is 18.9 Å². The quantitative estimate of drug-likeness (QED) is 0.601. The van der Waals surface area contributed by atoms with E-state index >= 15 is 0 Å². The van der Waals surface area contributed by atoms with Crippen LogP contribution in [0, 0.1) is 0 Å². The van der Waals surface area contributed by atoms with Crippen molar-refractivity contribution in [1.82, 2.24) is 9.97 Å². The summed E-state index contributed by atoms with van der Waals surface area (Å²) in [4.78, 5) is 29.9. The molecule has 2 heterocycles. The van der Waals surface area contributed by atoms with Crippen LogP contribution in [0.3, 0.4) is 0 Å². The summed E-state index contributed by atoms with van der Waals surface area (Å²) < 4.78 is 11.8. The standard InChI is InChI=1S/C15H22BN3O6/c1-14(2)15(3,4)25-16(24-14)9-7-17-13(18-8-9)19-10(12(22)23)5-6-11(20)21/h7-8,10H,5-6H2,1-4H3,(H,20,21)(H,22,23)(H,17,18,19)/t10-/m1/s1. The lowest BCUT2D eigenvalue weighted by atomic mass is 9.81. The molecule has 1 aliphatic heterocycles. The molecule has 0 bridgehead atoms. The molecule has 136 valence electrons. The first-order chi connectivity index (χ1) is 11.5. The summed E-state index contributed by atoms with van der Waals surface area (Å²) in [5.41, 5.74) is -0.360. The van der Waals surface area contributed by atoms with Crippen molar-refractivity contribution in [2.24, 2.45) is 0 Å². The molecule has 0 aromatic carbocycles. The highest BCUT2D eigenvalue weighted by Crippen LogP contribution is 2.36. The molecule has 1 fully saturated rings. The van der Waals surface area contributed by atoms with E-state index < -0.39 is 36.3 Å². The fourth-order valence-corrected chi connectivity index (χ4v) is 2.19. The summed E-state index contributed by atoms with van der Waals surface area (Å²) in [7, 11) is -0.610. The largest absolute Gasteiger partial charge is 0.498 e. The van der Waals surface area contributed by atoms with Gasteiger partial charge in [-0.15, -0.1) is 0 Å². The molecular weight excluding hydrogens is 329 g/mol. The van der Waals surface area contributed by atoms with E-state index in [1.807, 2.05) is 27.7 Å². The molecule has 1 aromatic heterocycles. The van der Waals surface area contributed by atoms with Gasteiger partial charge in [0, 0.05) is 24.3 Å². The van der Waals surface area contributed by atoms with Crippen LogP contribution in [0.25, 0.3) is 0 Å². The monoisotopic (exact) mass is 351 g/mol. The zero-order valence-corrected chi connectivity index (χ0v) is 14.6. The van der Waals surface area contributed by atoms with Crippen LogP contribution in [-0.4, -0.2) is 56.5 Å². The summed E-state index contributed by atoms with van der Waals surface area (Å²) in [5, 5.41) is 20.4. The third-order valence-corrected chi connectivity index (χ3v) is 4.45. The number of carboxylic acid groups (broad SMARTS) is 2. The highest BCUT2D eigenvalue weighted by atomic mass is 16.7. The van der Waals surface area contributed by atoms with Gasteiger partial charge < -0.3 is 24.8 Å². The van der Waals surface area contributed by atoms with E-state index in [4.69, 9.17) is 19.5 Å². The first-order valence-electron chi connectivity index (χ1n) is 7.90. The summed E-state index contributed by atoms with van der Waals surface area (Å²) in [5.74, 6) is -2.14. The van der Waals surface area contributed by atoms with Crippen molar-refractivity contribution in [3.63, 3.8) is 0 Å². The van der Waals surface area contributed by atoms with Crippen molar-refractivity contribution in [1.29, 1.82) is 0 Å². The molecular formula is C15H22BN3O6. The van der Waals surface area contributed by atoms with Gasteiger partial charge in [0.25, 0.3) is 0 Å². The van der Waals surface area contributed by atoms with E-state index in [1.165, 1.54) is 12.4 Å². The van der Waals surface area contributed by atoms with Crippen molar-refractivity contribution < 1.29 is 29.1 Å². The predicted octanol–water partition coefficient (Wildman–Crippen LogP) is 0.506.